The standard InChI is InChI=1S/C15H30N2/c1-3-13-6-8-15(9-7-13)17(2)12-10-14-5-4-11-16-14/h13-16H,3-12H2,1-2H3. The molecule has 1 N–H and O–H groups in total. The van der Waals surface area contributed by atoms with Crippen molar-refractivity contribution < 1.29 is 0 Å². The minimum absolute atomic E-state index is 0.810. The Bertz CT molecular complexity index is 203. The summed E-state index contributed by atoms with van der Waals surface area (Å²) in [6, 6.07) is 1.68. The quantitative estimate of drug-likeness (QED) is 0.792. The predicted octanol–water partition coefficient (Wildman–Crippen LogP) is 3.03. The van der Waals surface area contributed by atoms with Gasteiger partial charge in [-0.3, -0.25) is 0 Å². The smallest absolute Gasteiger partial charge is 0.00924 e. The summed E-state index contributed by atoms with van der Waals surface area (Å²) in [6.45, 7) is 4.88. The molecule has 0 radical (unpaired) electrons. The molecule has 1 aliphatic heterocycles. The highest BCUT2D eigenvalue weighted by Crippen LogP contribution is 2.29. The minimum Gasteiger partial charge on any atom is -0.314 e. The third-order valence-corrected chi connectivity index (χ3v) is 5.01. The van der Waals surface area contributed by atoms with Gasteiger partial charge in [0.25, 0.3) is 0 Å². The largest absolute Gasteiger partial charge is 0.314 e. The van der Waals surface area contributed by atoms with E-state index in [0.717, 1.165) is 18.0 Å². The van der Waals surface area contributed by atoms with Gasteiger partial charge in [0.2, 0.25) is 0 Å². The van der Waals surface area contributed by atoms with E-state index in [2.05, 4.69) is 24.2 Å². The Morgan fingerprint density at radius 2 is 1.88 bits per heavy atom. The summed E-state index contributed by atoms with van der Waals surface area (Å²) >= 11 is 0. The Balaban J connectivity index is 1.64. The monoisotopic (exact) mass is 238 g/mol. The first-order chi connectivity index (χ1) is 8.29. The first-order valence-corrected chi connectivity index (χ1v) is 7.73. The number of hydrogen-bond acceptors (Lipinski definition) is 2. The zero-order valence-corrected chi connectivity index (χ0v) is 11.8. The maximum atomic E-state index is 3.60. The van der Waals surface area contributed by atoms with Crippen LogP contribution in [0.4, 0.5) is 0 Å². The third kappa shape index (κ3) is 3.96. The van der Waals surface area contributed by atoms with Crippen LogP contribution >= 0.6 is 0 Å². The van der Waals surface area contributed by atoms with E-state index < -0.39 is 0 Å². The van der Waals surface area contributed by atoms with Crippen LogP contribution in [0.3, 0.4) is 0 Å². The van der Waals surface area contributed by atoms with Crippen LogP contribution in [-0.2, 0) is 0 Å². The van der Waals surface area contributed by atoms with Gasteiger partial charge >= 0.3 is 0 Å². The summed E-state index contributed by atoms with van der Waals surface area (Å²) < 4.78 is 0. The molecule has 2 aliphatic rings. The summed E-state index contributed by atoms with van der Waals surface area (Å²) in [5.41, 5.74) is 0. The Hall–Kier alpha value is -0.0800. The molecule has 0 aromatic heterocycles. The van der Waals surface area contributed by atoms with E-state index in [1.54, 1.807) is 0 Å². The maximum Gasteiger partial charge on any atom is 0.00924 e. The minimum atomic E-state index is 0.810. The van der Waals surface area contributed by atoms with Crippen molar-refractivity contribution >= 4 is 0 Å². The van der Waals surface area contributed by atoms with Gasteiger partial charge in [0.1, 0.15) is 0 Å². The van der Waals surface area contributed by atoms with Gasteiger partial charge in [-0.05, 0) is 71.0 Å². The van der Waals surface area contributed by atoms with Gasteiger partial charge in [-0.25, -0.2) is 0 Å². The van der Waals surface area contributed by atoms with E-state index in [4.69, 9.17) is 0 Å². The molecule has 1 heterocycles. The highest BCUT2D eigenvalue weighted by atomic mass is 15.1. The highest BCUT2D eigenvalue weighted by molar-refractivity contribution is 4.80. The lowest BCUT2D eigenvalue weighted by atomic mass is 9.84. The van der Waals surface area contributed by atoms with Gasteiger partial charge in [-0.2, -0.15) is 0 Å². The summed E-state index contributed by atoms with van der Waals surface area (Å²) in [5, 5.41) is 3.60. The van der Waals surface area contributed by atoms with Gasteiger partial charge in [-0.1, -0.05) is 13.3 Å². The molecular weight excluding hydrogens is 208 g/mol. The highest BCUT2D eigenvalue weighted by Gasteiger charge is 2.23. The van der Waals surface area contributed by atoms with Crippen LogP contribution in [0.25, 0.3) is 0 Å². The lowest BCUT2D eigenvalue weighted by Gasteiger charge is -2.34. The molecular formula is C15H30N2. The van der Waals surface area contributed by atoms with Crippen molar-refractivity contribution in [3.05, 3.63) is 0 Å². The molecule has 2 fully saturated rings. The molecule has 1 saturated heterocycles. The Morgan fingerprint density at radius 1 is 1.12 bits per heavy atom. The van der Waals surface area contributed by atoms with Crippen LogP contribution in [0.2, 0.25) is 0 Å². The lowest BCUT2D eigenvalue weighted by Crippen LogP contribution is -2.37. The second kappa shape index (κ2) is 6.75. The predicted molar refractivity (Wildman–Crippen MR) is 74.3 cm³/mol. The zero-order valence-electron chi connectivity index (χ0n) is 11.8. The molecule has 0 spiro atoms. The number of rotatable bonds is 5. The Kier molecular flexibility index (Phi) is 5.30. The van der Waals surface area contributed by atoms with E-state index in [1.807, 2.05) is 0 Å². The molecule has 0 aromatic carbocycles. The first-order valence-electron chi connectivity index (χ1n) is 7.73. The summed E-state index contributed by atoms with van der Waals surface area (Å²) in [4.78, 5) is 2.63. The van der Waals surface area contributed by atoms with Crippen LogP contribution in [0.15, 0.2) is 0 Å². The van der Waals surface area contributed by atoms with Gasteiger partial charge in [-0.15, -0.1) is 0 Å². The molecule has 1 saturated carbocycles. The molecule has 0 bridgehead atoms. The van der Waals surface area contributed by atoms with Crippen molar-refractivity contribution in [2.24, 2.45) is 5.92 Å². The van der Waals surface area contributed by atoms with Gasteiger partial charge in [0.05, 0.1) is 0 Å². The average Bonchev–Trinajstić information content (AvgIpc) is 2.89. The fourth-order valence-electron chi connectivity index (χ4n) is 3.54. The normalized spacial score (nSPS) is 34.4. The molecule has 1 aliphatic carbocycles. The summed E-state index contributed by atoms with van der Waals surface area (Å²) in [7, 11) is 2.34. The number of hydrogen-bond donors (Lipinski definition) is 1. The molecule has 0 amide bonds. The van der Waals surface area contributed by atoms with Crippen LogP contribution in [0.5, 0.6) is 0 Å². The SMILES string of the molecule is CCC1CCC(N(C)CCC2CCCN2)CC1. The van der Waals surface area contributed by atoms with E-state index in [0.29, 0.717) is 0 Å². The van der Waals surface area contributed by atoms with Crippen molar-refractivity contribution in [3.8, 4) is 0 Å². The van der Waals surface area contributed by atoms with Crippen LogP contribution in [-0.4, -0.2) is 37.1 Å². The zero-order chi connectivity index (χ0) is 12.1. The molecule has 17 heavy (non-hydrogen) atoms. The fourth-order valence-corrected chi connectivity index (χ4v) is 3.54. The van der Waals surface area contributed by atoms with E-state index in [9.17, 15) is 0 Å². The second-order valence-electron chi connectivity index (χ2n) is 6.15. The molecule has 1 unspecified atom stereocenters. The van der Waals surface area contributed by atoms with Gasteiger partial charge < -0.3 is 10.2 Å². The Labute approximate surface area is 107 Å². The van der Waals surface area contributed by atoms with Crippen molar-refractivity contribution in [3.63, 3.8) is 0 Å². The van der Waals surface area contributed by atoms with Gasteiger partial charge in [0.15, 0.2) is 0 Å². The van der Waals surface area contributed by atoms with Crippen molar-refractivity contribution in [1.29, 1.82) is 0 Å². The lowest BCUT2D eigenvalue weighted by molar-refractivity contribution is 0.158. The average molecular weight is 238 g/mol. The molecule has 100 valence electrons. The Morgan fingerprint density at radius 3 is 2.47 bits per heavy atom. The van der Waals surface area contributed by atoms with E-state index in [-0.39, 0.29) is 0 Å². The fraction of sp³-hybridized carbons (Fsp3) is 1.00. The number of nitrogens with zero attached hydrogens (tertiary/aromatic N) is 1. The molecule has 2 nitrogen and oxygen atoms in total. The molecule has 1 atom stereocenters. The molecule has 0 aromatic rings. The van der Waals surface area contributed by atoms with Crippen molar-refractivity contribution in [1.82, 2.24) is 10.2 Å². The summed E-state index contributed by atoms with van der Waals surface area (Å²) in [5.74, 6) is 1.02. The summed E-state index contributed by atoms with van der Waals surface area (Å²) in [6.07, 6.45) is 11.3. The van der Waals surface area contributed by atoms with Crippen LogP contribution < -0.4 is 5.32 Å². The van der Waals surface area contributed by atoms with Crippen LogP contribution in [0.1, 0.15) is 58.3 Å². The van der Waals surface area contributed by atoms with Gasteiger partial charge in [0, 0.05) is 12.1 Å². The van der Waals surface area contributed by atoms with E-state index in [1.165, 1.54) is 64.5 Å². The topological polar surface area (TPSA) is 15.3 Å². The van der Waals surface area contributed by atoms with E-state index >= 15 is 0 Å². The van der Waals surface area contributed by atoms with Crippen molar-refractivity contribution in [2.75, 3.05) is 20.1 Å². The molecule has 2 rings (SSSR count). The number of nitrogens with one attached hydrogen (secondary N) is 1. The second-order valence-corrected chi connectivity index (χ2v) is 6.15. The first kappa shape index (κ1) is 13.4. The third-order valence-electron chi connectivity index (χ3n) is 5.01. The van der Waals surface area contributed by atoms with Crippen molar-refractivity contribution in [2.45, 2.75) is 70.4 Å². The maximum absolute atomic E-state index is 3.60. The molecule has 2 heteroatoms. The van der Waals surface area contributed by atoms with Crippen LogP contribution in [0, 0.1) is 5.92 Å².